The number of hydrogen-bond donors (Lipinski definition) is 2. The molecule has 20 heavy (non-hydrogen) atoms. The highest BCUT2D eigenvalue weighted by molar-refractivity contribution is 5.89. The first kappa shape index (κ1) is 15.3. The van der Waals surface area contributed by atoms with Crippen molar-refractivity contribution < 1.29 is 14.7 Å². The minimum absolute atomic E-state index is 0.00788. The second-order valence-electron chi connectivity index (χ2n) is 7.09. The molecule has 0 aromatic heterocycles. The third-order valence-corrected chi connectivity index (χ3v) is 4.35. The number of hydrogen-bond acceptors (Lipinski definition) is 3. The largest absolute Gasteiger partial charge is 0.393 e. The van der Waals surface area contributed by atoms with Crippen LogP contribution >= 0.6 is 0 Å². The maximum atomic E-state index is 12.3. The van der Waals surface area contributed by atoms with Crippen LogP contribution in [0.3, 0.4) is 0 Å². The number of nitrogens with zero attached hydrogens (tertiary/aromatic N) is 1. The minimum Gasteiger partial charge on any atom is -0.393 e. The van der Waals surface area contributed by atoms with E-state index in [1.807, 2.05) is 20.8 Å². The lowest BCUT2D eigenvalue weighted by molar-refractivity contribution is -0.132. The van der Waals surface area contributed by atoms with E-state index in [-0.39, 0.29) is 35.4 Å². The SMILES string of the molecule is CC(C)(C)N1CC(C(=O)NC2CCC(O)CC2)CC1=O. The first-order chi connectivity index (χ1) is 9.27. The Balaban J connectivity index is 1.87. The lowest BCUT2D eigenvalue weighted by atomic mass is 9.92. The lowest BCUT2D eigenvalue weighted by Gasteiger charge is -2.32. The smallest absolute Gasteiger partial charge is 0.225 e. The molecule has 1 saturated carbocycles. The third-order valence-electron chi connectivity index (χ3n) is 4.35. The van der Waals surface area contributed by atoms with Crippen molar-refractivity contribution in [1.29, 1.82) is 0 Å². The van der Waals surface area contributed by atoms with Gasteiger partial charge in [-0.2, -0.15) is 0 Å². The van der Waals surface area contributed by atoms with Gasteiger partial charge in [0.1, 0.15) is 0 Å². The number of likely N-dealkylation sites (tertiary alicyclic amines) is 1. The lowest BCUT2D eigenvalue weighted by Crippen LogP contribution is -2.45. The zero-order valence-electron chi connectivity index (χ0n) is 12.7. The average molecular weight is 282 g/mol. The number of aliphatic hydroxyl groups excluding tert-OH is 1. The molecule has 114 valence electrons. The van der Waals surface area contributed by atoms with Crippen LogP contribution in [0.15, 0.2) is 0 Å². The first-order valence-corrected chi connectivity index (χ1v) is 7.56. The van der Waals surface area contributed by atoms with Gasteiger partial charge in [-0.25, -0.2) is 0 Å². The van der Waals surface area contributed by atoms with Crippen LogP contribution in [0.1, 0.15) is 52.9 Å². The number of nitrogens with one attached hydrogen (secondary N) is 1. The summed E-state index contributed by atoms with van der Waals surface area (Å²) in [5.74, 6) is -0.170. The van der Waals surface area contributed by atoms with Crippen molar-refractivity contribution in [2.45, 2.75) is 70.6 Å². The van der Waals surface area contributed by atoms with Crippen LogP contribution in [0.5, 0.6) is 0 Å². The van der Waals surface area contributed by atoms with Crippen molar-refractivity contribution in [3.05, 3.63) is 0 Å². The molecule has 1 aliphatic heterocycles. The fourth-order valence-electron chi connectivity index (χ4n) is 3.07. The molecule has 0 aromatic carbocycles. The summed E-state index contributed by atoms with van der Waals surface area (Å²) in [4.78, 5) is 26.0. The minimum atomic E-state index is -0.228. The van der Waals surface area contributed by atoms with E-state index in [1.54, 1.807) is 4.90 Å². The van der Waals surface area contributed by atoms with Gasteiger partial charge in [0.15, 0.2) is 0 Å². The van der Waals surface area contributed by atoms with Gasteiger partial charge in [-0.15, -0.1) is 0 Å². The maximum Gasteiger partial charge on any atom is 0.225 e. The molecule has 2 rings (SSSR count). The zero-order valence-corrected chi connectivity index (χ0v) is 12.7. The maximum absolute atomic E-state index is 12.3. The molecule has 5 nitrogen and oxygen atoms in total. The highest BCUT2D eigenvalue weighted by Crippen LogP contribution is 2.26. The quantitative estimate of drug-likeness (QED) is 0.795. The average Bonchev–Trinajstić information content (AvgIpc) is 2.74. The molecule has 1 aliphatic carbocycles. The highest BCUT2D eigenvalue weighted by Gasteiger charge is 2.39. The van der Waals surface area contributed by atoms with Gasteiger partial charge in [-0.05, 0) is 46.5 Å². The van der Waals surface area contributed by atoms with Gasteiger partial charge in [0, 0.05) is 24.5 Å². The van der Waals surface area contributed by atoms with Gasteiger partial charge in [-0.1, -0.05) is 0 Å². The van der Waals surface area contributed by atoms with Crippen LogP contribution in [0.2, 0.25) is 0 Å². The van der Waals surface area contributed by atoms with Crippen molar-refractivity contribution in [2.75, 3.05) is 6.54 Å². The van der Waals surface area contributed by atoms with Crippen LogP contribution in [0.25, 0.3) is 0 Å². The predicted molar refractivity (Wildman–Crippen MR) is 76.0 cm³/mol. The monoisotopic (exact) mass is 282 g/mol. The van der Waals surface area contributed by atoms with Gasteiger partial charge in [0.05, 0.1) is 12.0 Å². The molecule has 2 amide bonds. The Labute approximate surface area is 120 Å². The standard InChI is InChI=1S/C15H26N2O3/c1-15(2,3)17-9-10(8-13(17)19)14(20)16-11-4-6-12(18)7-5-11/h10-12,18H,4-9H2,1-3H3,(H,16,20). The van der Waals surface area contributed by atoms with Crippen molar-refractivity contribution >= 4 is 11.8 Å². The van der Waals surface area contributed by atoms with Crippen LogP contribution < -0.4 is 5.32 Å². The van der Waals surface area contributed by atoms with E-state index in [0.29, 0.717) is 13.0 Å². The van der Waals surface area contributed by atoms with Crippen LogP contribution in [0, 0.1) is 5.92 Å². The molecular formula is C15H26N2O3. The molecular weight excluding hydrogens is 256 g/mol. The molecule has 1 heterocycles. The summed E-state index contributed by atoms with van der Waals surface area (Å²) in [5, 5.41) is 12.5. The van der Waals surface area contributed by atoms with E-state index >= 15 is 0 Å². The Morgan fingerprint density at radius 2 is 1.85 bits per heavy atom. The Bertz CT molecular complexity index is 381. The fourth-order valence-corrected chi connectivity index (χ4v) is 3.07. The summed E-state index contributed by atoms with van der Waals surface area (Å²) >= 11 is 0. The van der Waals surface area contributed by atoms with Crippen LogP contribution in [-0.4, -0.2) is 46.1 Å². The van der Waals surface area contributed by atoms with Gasteiger partial charge in [0.25, 0.3) is 0 Å². The molecule has 1 unspecified atom stereocenters. The summed E-state index contributed by atoms with van der Waals surface area (Å²) in [6, 6.07) is 0.157. The highest BCUT2D eigenvalue weighted by atomic mass is 16.3. The molecule has 2 N–H and O–H groups in total. The van der Waals surface area contributed by atoms with Crippen molar-refractivity contribution in [2.24, 2.45) is 5.92 Å². The summed E-state index contributed by atoms with van der Waals surface area (Å²) < 4.78 is 0. The third kappa shape index (κ3) is 3.51. The second-order valence-corrected chi connectivity index (χ2v) is 7.09. The number of rotatable bonds is 2. The van der Waals surface area contributed by atoms with Gasteiger partial charge < -0.3 is 15.3 Å². The molecule has 1 saturated heterocycles. The van der Waals surface area contributed by atoms with E-state index < -0.39 is 0 Å². The molecule has 0 bridgehead atoms. The topological polar surface area (TPSA) is 69.6 Å². The molecule has 0 radical (unpaired) electrons. The molecule has 5 heteroatoms. The van der Waals surface area contributed by atoms with Crippen molar-refractivity contribution in [3.63, 3.8) is 0 Å². The fraction of sp³-hybridized carbons (Fsp3) is 0.867. The van der Waals surface area contributed by atoms with E-state index in [1.165, 1.54) is 0 Å². The number of carbonyl (C=O) groups excluding carboxylic acids is 2. The van der Waals surface area contributed by atoms with Crippen LogP contribution in [-0.2, 0) is 9.59 Å². The summed E-state index contributed by atoms with van der Waals surface area (Å²) in [6.07, 6.45) is 3.27. The van der Waals surface area contributed by atoms with Crippen molar-refractivity contribution in [1.82, 2.24) is 10.2 Å². The molecule has 0 aromatic rings. The number of amides is 2. The van der Waals surface area contributed by atoms with Gasteiger partial charge >= 0.3 is 0 Å². The van der Waals surface area contributed by atoms with Crippen LogP contribution in [0.4, 0.5) is 0 Å². The Kier molecular flexibility index (Phi) is 4.37. The van der Waals surface area contributed by atoms with Gasteiger partial charge in [0.2, 0.25) is 11.8 Å². The van der Waals surface area contributed by atoms with E-state index in [9.17, 15) is 14.7 Å². The molecule has 0 spiro atoms. The van der Waals surface area contributed by atoms with E-state index in [4.69, 9.17) is 0 Å². The summed E-state index contributed by atoms with van der Waals surface area (Å²) in [5.41, 5.74) is -0.221. The summed E-state index contributed by atoms with van der Waals surface area (Å²) in [7, 11) is 0. The Morgan fingerprint density at radius 1 is 1.25 bits per heavy atom. The number of carbonyl (C=O) groups is 2. The Hall–Kier alpha value is -1.10. The molecule has 2 fully saturated rings. The molecule has 2 aliphatic rings. The van der Waals surface area contributed by atoms with E-state index in [2.05, 4.69) is 5.32 Å². The van der Waals surface area contributed by atoms with E-state index in [0.717, 1.165) is 25.7 Å². The molecule has 1 atom stereocenters. The predicted octanol–water partition coefficient (Wildman–Crippen LogP) is 1.05. The second kappa shape index (κ2) is 5.72. The first-order valence-electron chi connectivity index (χ1n) is 7.56. The normalized spacial score (nSPS) is 31.5. The summed E-state index contributed by atoms with van der Waals surface area (Å²) in [6.45, 7) is 6.50. The van der Waals surface area contributed by atoms with Crippen molar-refractivity contribution in [3.8, 4) is 0 Å². The Morgan fingerprint density at radius 3 is 2.35 bits per heavy atom. The zero-order chi connectivity index (χ0) is 14.9. The van der Waals surface area contributed by atoms with Gasteiger partial charge in [-0.3, -0.25) is 9.59 Å². The number of aliphatic hydroxyl groups is 1.